The van der Waals surface area contributed by atoms with E-state index in [1.807, 2.05) is 0 Å². The molecule has 0 radical (unpaired) electrons. The third kappa shape index (κ3) is 1.83. The van der Waals surface area contributed by atoms with Gasteiger partial charge in [-0.25, -0.2) is 4.57 Å². The molecule has 1 aliphatic rings. The summed E-state index contributed by atoms with van der Waals surface area (Å²) < 4.78 is 105. The van der Waals surface area contributed by atoms with Crippen LogP contribution in [0, 0.1) is 20.7 Å². The van der Waals surface area contributed by atoms with Crippen molar-refractivity contribution >= 4 is 27.3 Å². The molecule has 2 heteroatoms. The number of hydrogen-bond donors (Lipinski definition) is 0. The predicted octanol–water partition coefficient (Wildman–Crippen LogP) is 5.49. The van der Waals surface area contributed by atoms with Gasteiger partial charge < -0.3 is 0 Å². The fourth-order valence-electron chi connectivity index (χ4n) is 4.12. The van der Waals surface area contributed by atoms with Crippen molar-refractivity contribution in [2.75, 3.05) is 0 Å². The molecule has 0 saturated heterocycles. The van der Waals surface area contributed by atoms with Gasteiger partial charge in [-0.15, -0.1) is 0 Å². The second kappa shape index (κ2) is 4.98. The lowest BCUT2D eigenvalue weighted by atomic mass is 9.98. The zero-order chi connectivity index (χ0) is 28.6. The predicted molar refractivity (Wildman–Crippen MR) is 111 cm³/mol. The topological polar surface area (TPSA) is 8.29 Å². The first-order valence-corrected chi connectivity index (χ1v) is 8.61. The maximum absolute atomic E-state index is 8.92. The number of nitrogens with zero attached hydrogens (tertiary/aromatic N) is 2. The summed E-state index contributed by atoms with van der Waals surface area (Å²) in [5.74, 6) is 0. The molecular formula is C25H21N2+. The van der Waals surface area contributed by atoms with E-state index in [0.717, 1.165) is 0 Å². The van der Waals surface area contributed by atoms with Gasteiger partial charge in [-0.2, -0.15) is 4.40 Å². The molecule has 3 heterocycles. The summed E-state index contributed by atoms with van der Waals surface area (Å²) in [6.45, 7) is 0.330. The van der Waals surface area contributed by atoms with Crippen LogP contribution in [0.25, 0.3) is 38.6 Å². The number of aromatic nitrogens is 2. The lowest BCUT2D eigenvalue weighted by molar-refractivity contribution is -0.657. The first-order chi connectivity index (χ1) is 18.1. The van der Waals surface area contributed by atoms with Crippen LogP contribution in [0.5, 0.6) is 0 Å². The molecule has 0 spiro atoms. The Bertz CT molecular complexity index is 1990. The minimum Gasteiger partial charge on any atom is -0.225 e. The van der Waals surface area contributed by atoms with Gasteiger partial charge in [-0.3, -0.25) is 0 Å². The van der Waals surface area contributed by atoms with Gasteiger partial charge in [0.1, 0.15) is 18.3 Å². The van der Waals surface area contributed by atoms with Crippen molar-refractivity contribution in [3.8, 4) is 11.3 Å². The molecule has 5 aromatic rings. The van der Waals surface area contributed by atoms with Gasteiger partial charge in [0.2, 0.25) is 0 Å². The van der Waals surface area contributed by atoms with Gasteiger partial charge in [0.05, 0.1) is 17.7 Å². The van der Waals surface area contributed by atoms with Crippen LogP contribution < -0.4 is 4.57 Å². The molecule has 0 saturated carbocycles. The molecule has 130 valence electrons. The van der Waals surface area contributed by atoms with Gasteiger partial charge in [-0.05, 0) is 43.9 Å². The Morgan fingerprint density at radius 2 is 1.85 bits per heavy atom. The monoisotopic (exact) mass is 361 g/mol. The van der Waals surface area contributed by atoms with E-state index in [1.165, 1.54) is 18.2 Å². The van der Waals surface area contributed by atoms with E-state index < -0.39 is 24.5 Å². The minimum atomic E-state index is -2.82. The van der Waals surface area contributed by atoms with Crippen molar-refractivity contribution in [3.63, 3.8) is 0 Å². The Morgan fingerprint density at radius 3 is 2.74 bits per heavy atom. The quantitative estimate of drug-likeness (QED) is 0.270. The van der Waals surface area contributed by atoms with Crippen LogP contribution in [-0.4, -0.2) is 4.40 Å². The van der Waals surface area contributed by atoms with Crippen LogP contribution in [-0.2, 0) is 6.54 Å². The highest BCUT2D eigenvalue weighted by Crippen LogP contribution is 2.38. The molecule has 2 aromatic heterocycles. The van der Waals surface area contributed by atoms with E-state index in [-0.39, 0.29) is 87.5 Å². The van der Waals surface area contributed by atoms with Crippen molar-refractivity contribution in [2.24, 2.45) is 0 Å². The van der Waals surface area contributed by atoms with Crippen molar-refractivity contribution < 1.29 is 21.0 Å². The molecule has 0 unspecified atom stereocenters. The van der Waals surface area contributed by atoms with E-state index in [1.54, 1.807) is 10.8 Å². The average Bonchev–Trinajstić information content (AvgIpc) is 3.43. The maximum Gasteiger partial charge on any atom is 0.295 e. The van der Waals surface area contributed by atoms with E-state index in [9.17, 15) is 0 Å². The highest BCUT2D eigenvalue weighted by Gasteiger charge is 2.31. The highest BCUT2D eigenvalue weighted by molar-refractivity contribution is 6.13. The van der Waals surface area contributed by atoms with Crippen LogP contribution >= 0.6 is 0 Å². The molecule has 27 heavy (non-hydrogen) atoms. The largest absolute Gasteiger partial charge is 0.295 e. The third-order valence-corrected chi connectivity index (χ3v) is 5.22. The summed E-state index contributed by atoms with van der Waals surface area (Å²) >= 11 is 0. The fraction of sp³-hybridized carbons (Fsp3) is 0.160. The van der Waals surface area contributed by atoms with Gasteiger partial charge in [0, 0.05) is 26.0 Å². The van der Waals surface area contributed by atoms with Gasteiger partial charge in [-0.1, -0.05) is 47.9 Å². The minimum absolute atomic E-state index is 0.0335. The zero-order valence-corrected chi connectivity index (χ0v) is 14.7. The van der Waals surface area contributed by atoms with Crippen molar-refractivity contribution in [3.05, 3.63) is 82.8 Å². The van der Waals surface area contributed by atoms with E-state index in [2.05, 4.69) is 0 Å². The Balaban J connectivity index is 2.00. The molecule has 3 aromatic carbocycles. The van der Waals surface area contributed by atoms with Crippen LogP contribution in [0.4, 0.5) is 0 Å². The van der Waals surface area contributed by atoms with Gasteiger partial charge in [0.15, 0.2) is 5.69 Å². The van der Waals surface area contributed by atoms with Gasteiger partial charge in [0.25, 0.3) is 5.65 Å². The molecule has 1 aliphatic heterocycles. The number of benzene rings is 3. The number of fused-ring (bicyclic) bond motifs is 3. The molecule has 0 amide bonds. The summed E-state index contributed by atoms with van der Waals surface area (Å²) in [6.07, 6.45) is 1.59. The number of rotatable bonds is 1. The summed E-state index contributed by atoms with van der Waals surface area (Å²) in [5, 5.41) is 0.804. The highest BCUT2D eigenvalue weighted by atomic mass is 15.1. The number of hydrogen-bond acceptors (Lipinski definition) is 0. The second-order valence-electron chi connectivity index (χ2n) is 6.88. The van der Waals surface area contributed by atoms with Crippen LogP contribution in [0.15, 0.2) is 60.6 Å². The molecule has 0 fully saturated rings. The Hall–Kier alpha value is -3.13. The summed E-state index contributed by atoms with van der Waals surface area (Å²) in [4.78, 5) is 0. The van der Waals surface area contributed by atoms with Crippen LogP contribution in [0.3, 0.4) is 0 Å². The van der Waals surface area contributed by atoms with Gasteiger partial charge >= 0.3 is 0 Å². The first-order valence-electron chi connectivity index (χ1n) is 14.6. The fourth-order valence-corrected chi connectivity index (χ4v) is 4.12. The molecule has 6 rings (SSSR count). The standard InChI is InChI=1S/C25H21N2/c1-15-10-11-21-20(12-15)19-9-5-8-18-13-26-14-22(27(21)25(26)24(18)19)23-16(2)6-4-7-17(23)3/h4-12,14H,13H2,1-3H3/q+1/i2D3,4D,5D,6D,7D,8D,9D,10D,11D,12D. The molecule has 0 N–H and O–H groups in total. The normalized spacial score (nSPS) is 19.6. The maximum atomic E-state index is 8.92. The summed E-state index contributed by atoms with van der Waals surface area (Å²) in [6, 6.07) is -2.73. The van der Waals surface area contributed by atoms with E-state index in [4.69, 9.17) is 16.4 Å². The summed E-state index contributed by atoms with van der Waals surface area (Å²) in [7, 11) is 0. The zero-order valence-electron chi connectivity index (χ0n) is 26.7. The molecule has 0 atom stereocenters. The molecule has 0 aliphatic carbocycles. The lowest BCUT2D eigenvalue weighted by Crippen LogP contribution is -2.28. The van der Waals surface area contributed by atoms with Crippen LogP contribution in [0.1, 0.15) is 38.7 Å². The van der Waals surface area contributed by atoms with Crippen LogP contribution in [0.2, 0.25) is 0 Å². The summed E-state index contributed by atoms with van der Waals surface area (Å²) in [5.41, 5.74) is 1.12. The average molecular weight is 362 g/mol. The Kier molecular flexibility index (Phi) is 1.38. The molecular weight excluding hydrogens is 328 g/mol. The lowest BCUT2D eigenvalue weighted by Gasteiger charge is -2.09. The second-order valence-corrected chi connectivity index (χ2v) is 6.88. The number of pyridine rings is 1. The third-order valence-electron chi connectivity index (χ3n) is 5.22. The Morgan fingerprint density at radius 1 is 1.00 bits per heavy atom. The SMILES string of the molecule is [2H]c1c([2H])c(C)c(-c2c[n+]3c4c5c(c([2H])c([2H])c([2H])c5c5c([2H])c(C)c([2H])c([2H])c5n24)C3)c(C([2H])([2H])[2H])c1[2H]. The molecule has 0 bridgehead atoms. The molecule has 2 nitrogen and oxygen atoms in total. The van der Waals surface area contributed by atoms with Crippen molar-refractivity contribution in [1.29, 1.82) is 0 Å². The van der Waals surface area contributed by atoms with Crippen molar-refractivity contribution in [2.45, 2.75) is 27.2 Å². The van der Waals surface area contributed by atoms with E-state index >= 15 is 0 Å². The van der Waals surface area contributed by atoms with Crippen molar-refractivity contribution in [1.82, 2.24) is 4.40 Å². The van der Waals surface area contributed by atoms with E-state index in [0.29, 0.717) is 16.6 Å². The number of imidazole rings is 1. The first kappa shape index (κ1) is 7.47. The Labute approximate surface area is 175 Å². The smallest absolute Gasteiger partial charge is 0.225 e.